The summed E-state index contributed by atoms with van der Waals surface area (Å²) in [6.07, 6.45) is 0.913. The lowest BCUT2D eigenvalue weighted by Gasteiger charge is -2.27. The monoisotopic (exact) mass is 616 g/mol. The van der Waals surface area contributed by atoms with Gasteiger partial charge in [0.15, 0.2) is 11.5 Å². The molecule has 0 bridgehead atoms. The quantitative estimate of drug-likeness (QED) is 0.161. The third kappa shape index (κ3) is 5.61. The molecule has 0 saturated carbocycles. The largest absolute Gasteiger partial charge is 0.493 e. The summed E-state index contributed by atoms with van der Waals surface area (Å²) in [5, 5.41) is 10.8. The first-order valence-electron chi connectivity index (χ1n) is 13.1. The van der Waals surface area contributed by atoms with Gasteiger partial charge in [-0.2, -0.15) is 5.26 Å². The molecule has 41 heavy (non-hydrogen) atoms. The second kappa shape index (κ2) is 11.6. The zero-order valence-corrected chi connectivity index (χ0v) is 24.7. The molecule has 1 unspecified atom stereocenters. The van der Waals surface area contributed by atoms with Crippen molar-refractivity contribution in [3.8, 4) is 29.1 Å². The lowest BCUT2D eigenvalue weighted by atomic mass is 9.83. The maximum absolute atomic E-state index is 13.0. The molecule has 8 nitrogen and oxygen atoms in total. The Labute approximate surface area is 246 Å². The third-order valence-corrected chi connectivity index (χ3v) is 7.45. The van der Waals surface area contributed by atoms with Gasteiger partial charge in [-0.05, 0) is 61.2 Å². The minimum Gasteiger partial charge on any atom is -0.493 e. The van der Waals surface area contributed by atoms with Crippen LogP contribution in [0.25, 0.3) is 11.0 Å². The van der Waals surface area contributed by atoms with Crippen LogP contribution >= 0.6 is 15.9 Å². The van der Waals surface area contributed by atoms with Crippen LogP contribution in [-0.2, 0) is 0 Å². The van der Waals surface area contributed by atoms with Crippen molar-refractivity contribution < 1.29 is 28.2 Å². The Bertz CT molecular complexity index is 1720. The Morgan fingerprint density at radius 2 is 1.93 bits per heavy atom. The van der Waals surface area contributed by atoms with E-state index < -0.39 is 11.9 Å². The molecule has 0 radical (unpaired) electrons. The first-order valence-corrected chi connectivity index (χ1v) is 13.9. The summed E-state index contributed by atoms with van der Waals surface area (Å²) in [6.45, 7) is 6.65. The molecule has 1 aliphatic rings. The van der Waals surface area contributed by atoms with Gasteiger partial charge >= 0.3 is 5.97 Å². The zero-order valence-electron chi connectivity index (χ0n) is 23.1. The highest BCUT2D eigenvalue weighted by Gasteiger charge is 2.32. The molecule has 0 spiro atoms. The highest BCUT2D eigenvalue weighted by Crippen LogP contribution is 2.45. The second-order valence-corrected chi connectivity index (χ2v) is 11.1. The molecule has 2 N–H and O–H groups in total. The van der Waals surface area contributed by atoms with E-state index in [0.717, 1.165) is 21.8 Å². The van der Waals surface area contributed by atoms with Gasteiger partial charge in [-0.1, -0.05) is 41.9 Å². The number of aryl methyl sites for hydroxylation is 1. The van der Waals surface area contributed by atoms with Gasteiger partial charge in [0.05, 0.1) is 19.6 Å². The van der Waals surface area contributed by atoms with Gasteiger partial charge in [-0.3, -0.25) is 0 Å². The highest BCUT2D eigenvalue weighted by atomic mass is 79.9. The van der Waals surface area contributed by atoms with Gasteiger partial charge in [0.25, 0.3) is 0 Å². The van der Waals surface area contributed by atoms with E-state index in [9.17, 15) is 10.1 Å². The number of methoxy groups -OCH3 is 1. The van der Waals surface area contributed by atoms with E-state index >= 15 is 0 Å². The van der Waals surface area contributed by atoms with Crippen LogP contribution in [0.2, 0.25) is 0 Å². The number of benzene rings is 3. The molecule has 210 valence electrons. The minimum atomic E-state index is -0.638. The molecule has 5 rings (SSSR count). The fraction of sp³-hybridized carbons (Fsp3) is 0.250. The van der Waals surface area contributed by atoms with Crippen LogP contribution in [0.1, 0.15) is 53.4 Å². The summed E-state index contributed by atoms with van der Waals surface area (Å²) in [5.74, 6) is 1.23. The Kier molecular flexibility index (Phi) is 7.95. The van der Waals surface area contributed by atoms with Crippen molar-refractivity contribution in [3.05, 3.63) is 93.0 Å². The molecular weight excluding hydrogens is 588 g/mol. The van der Waals surface area contributed by atoms with Crippen molar-refractivity contribution in [2.75, 3.05) is 13.7 Å². The zero-order chi connectivity index (χ0) is 29.3. The molecule has 4 aromatic rings. The predicted octanol–water partition coefficient (Wildman–Crippen LogP) is 7.37. The van der Waals surface area contributed by atoms with Crippen LogP contribution in [0.4, 0.5) is 0 Å². The van der Waals surface area contributed by atoms with Crippen molar-refractivity contribution in [1.29, 1.82) is 5.26 Å². The fourth-order valence-electron chi connectivity index (χ4n) is 4.78. The molecule has 0 fully saturated rings. The van der Waals surface area contributed by atoms with Crippen LogP contribution in [0.15, 0.2) is 74.9 Å². The number of ether oxygens (including phenoxy) is 4. The number of nitrogens with zero attached hydrogens (tertiary/aromatic N) is 1. The predicted molar refractivity (Wildman–Crippen MR) is 157 cm³/mol. The van der Waals surface area contributed by atoms with E-state index in [4.69, 9.17) is 29.1 Å². The topological polar surface area (TPSA) is 117 Å². The molecule has 1 aromatic heterocycles. The minimum absolute atomic E-state index is 0.0246. The van der Waals surface area contributed by atoms with Crippen molar-refractivity contribution in [2.24, 2.45) is 11.7 Å². The van der Waals surface area contributed by atoms with Gasteiger partial charge in [-0.25, -0.2) is 4.79 Å². The van der Waals surface area contributed by atoms with E-state index in [-0.39, 0.29) is 23.0 Å². The normalized spacial score (nSPS) is 14.4. The number of carbonyl (C=O) groups is 1. The summed E-state index contributed by atoms with van der Waals surface area (Å²) < 4.78 is 29.7. The number of allylic oxidation sites excluding steroid dienone is 1. The summed E-state index contributed by atoms with van der Waals surface area (Å²) in [5.41, 5.74) is 9.19. The fourth-order valence-corrected chi connectivity index (χ4v) is 5.12. The maximum atomic E-state index is 13.0. The first-order chi connectivity index (χ1) is 19.7. The average molecular weight is 617 g/mol. The van der Waals surface area contributed by atoms with Crippen LogP contribution in [0.5, 0.6) is 23.0 Å². The standard InChI is InChI=1S/C32H29BrN2O6/c1-17(2)11-12-38-25-10-5-19(13-28(25)37-4)29-23-9-7-21(15-27(23)41-31(35)24(29)16-34)39-32(36)30-18(3)22-8-6-20(33)14-26(22)40-30/h5-10,13-15,17,29H,11-12,35H2,1-4H3. The number of nitrogens with two attached hydrogens (primary N) is 1. The number of esters is 1. The number of carbonyl (C=O) groups excluding carboxylic acids is 1. The first kappa shape index (κ1) is 28.1. The van der Waals surface area contributed by atoms with E-state index in [0.29, 0.717) is 46.5 Å². The molecule has 3 aromatic carbocycles. The van der Waals surface area contributed by atoms with Gasteiger partial charge < -0.3 is 29.1 Å². The van der Waals surface area contributed by atoms with Gasteiger partial charge in [-0.15, -0.1) is 0 Å². The van der Waals surface area contributed by atoms with Gasteiger partial charge in [0.2, 0.25) is 11.6 Å². The smallest absolute Gasteiger partial charge is 0.379 e. The van der Waals surface area contributed by atoms with Crippen molar-refractivity contribution >= 4 is 32.9 Å². The molecule has 2 heterocycles. The third-order valence-electron chi connectivity index (χ3n) is 6.96. The molecule has 0 aliphatic carbocycles. The molecule has 0 amide bonds. The molecule has 1 atom stereocenters. The lowest BCUT2D eigenvalue weighted by molar-refractivity contribution is 0.0702. The Hall–Kier alpha value is -4.42. The summed E-state index contributed by atoms with van der Waals surface area (Å²) in [4.78, 5) is 13.0. The number of hydrogen-bond donors (Lipinski definition) is 1. The van der Waals surface area contributed by atoms with E-state index in [1.807, 2.05) is 30.3 Å². The van der Waals surface area contributed by atoms with Crippen LogP contribution in [0, 0.1) is 24.2 Å². The number of hydrogen-bond acceptors (Lipinski definition) is 8. The summed E-state index contributed by atoms with van der Waals surface area (Å²) >= 11 is 3.42. The van der Waals surface area contributed by atoms with Crippen LogP contribution in [-0.4, -0.2) is 19.7 Å². The maximum Gasteiger partial charge on any atom is 0.379 e. The molecule has 0 saturated heterocycles. The molecule has 9 heteroatoms. The number of halogens is 1. The van der Waals surface area contributed by atoms with E-state index in [1.165, 1.54) is 0 Å². The summed E-state index contributed by atoms with van der Waals surface area (Å²) in [6, 6.07) is 18.3. The van der Waals surface area contributed by atoms with Gasteiger partial charge in [0.1, 0.15) is 28.7 Å². The van der Waals surface area contributed by atoms with Crippen LogP contribution in [0.3, 0.4) is 0 Å². The van der Waals surface area contributed by atoms with Gasteiger partial charge in [0, 0.05) is 27.1 Å². The number of fused-ring (bicyclic) bond motifs is 2. The Balaban J connectivity index is 1.45. The molecule has 1 aliphatic heterocycles. The second-order valence-electron chi connectivity index (χ2n) is 10.2. The lowest BCUT2D eigenvalue weighted by Crippen LogP contribution is -2.21. The summed E-state index contributed by atoms with van der Waals surface area (Å²) in [7, 11) is 1.57. The van der Waals surface area contributed by atoms with Crippen molar-refractivity contribution in [2.45, 2.75) is 33.1 Å². The van der Waals surface area contributed by atoms with E-state index in [1.54, 1.807) is 38.3 Å². The number of rotatable bonds is 8. The SMILES string of the molecule is COc1cc(C2C(C#N)=C(N)Oc3cc(OC(=O)c4oc5cc(Br)ccc5c4C)ccc32)ccc1OCCC(C)C. The number of furan rings is 1. The highest BCUT2D eigenvalue weighted by molar-refractivity contribution is 9.10. The Morgan fingerprint density at radius 1 is 1.12 bits per heavy atom. The number of nitriles is 1. The van der Waals surface area contributed by atoms with E-state index in [2.05, 4.69) is 35.8 Å². The molecular formula is C32H29BrN2O6. The van der Waals surface area contributed by atoms with Crippen molar-refractivity contribution in [1.82, 2.24) is 0 Å². The Morgan fingerprint density at radius 3 is 2.66 bits per heavy atom. The van der Waals surface area contributed by atoms with Crippen LogP contribution < -0.4 is 24.7 Å². The average Bonchev–Trinajstić information content (AvgIpc) is 3.27. The van der Waals surface area contributed by atoms with Crippen molar-refractivity contribution in [3.63, 3.8) is 0 Å².